The molecule has 0 bridgehead atoms. The second-order valence-electron chi connectivity index (χ2n) is 6.64. The number of nitrogens with one attached hydrogen (secondary N) is 1. The maximum atomic E-state index is 12.7. The molecule has 0 fully saturated rings. The highest BCUT2D eigenvalue weighted by atomic mass is 16.7. The Labute approximate surface area is 168 Å². The Morgan fingerprint density at radius 2 is 1.83 bits per heavy atom. The van der Waals surface area contributed by atoms with Gasteiger partial charge in [0.1, 0.15) is 12.9 Å². The summed E-state index contributed by atoms with van der Waals surface area (Å²) < 4.78 is 1.24. The zero-order valence-corrected chi connectivity index (χ0v) is 16.1. The molecule has 0 aliphatic heterocycles. The average Bonchev–Trinajstić information content (AvgIpc) is 2.75. The Hall–Kier alpha value is -3.74. The van der Waals surface area contributed by atoms with Gasteiger partial charge < -0.3 is 10.2 Å². The van der Waals surface area contributed by atoms with Gasteiger partial charge in [-0.05, 0) is 36.6 Å². The third-order valence-corrected chi connectivity index (χ3v) is 4.63. The molecule has 0 aliphatic carbocycles. The lowest BCUT2D eigenvalue weighted by atomic mass is 10.2. The van der Waals surface area contributed by atoms with Crippen LogP contribution < -0.4 is 15.7 Å². The van der Waals surface area contributed by atoms with Gasteiger partial charge in [-0.1, -0.05) is 30.3 Å². The van der Waals surface area contributed by atoms with Gasteiger partial charge in [0.05, 0.1) is 16.8 Å². The van der Waals surface area contributed by atoms with Crippen LogP contribution in [-0.4, -0.2) is 26.2 Å². The molecule has 1 N–H and O–H groups in total. The second kappa shape index (κ2) is 8.52. The molecule has 0 radical (unpaired) electrons. The van der Waals surface area contributed by atoms with E-state index in [2.05, 4.69) is 20.3 Å². The number of aryl methyl sites for hydroxylation is 1. The molecule has 0 saturated carbocycles. The van der Waals surface area contributed by atoms with Crippen molar-refractivity contribution in [1.29, 1.82) is 0 Å². The van der Waals surface area contributed by atoms with Gasteiger partial charge >= 0.3 is 0 Å². The van der Waals surface area contributed by atoms with Crippen molar-refractivity contribution in [1.82, 2.24) is 19.7 Å². The topological polar surface area (TPSA) is 81.9 Å². The summed E-state index contributed by atoms with van der Waals surface area (Å²) in [5.41, 5.74) is 3.79. The van der Waals surface area contributed by atoms with Crippen molar-refractivity contribution in [2.45, 2.75) is 20.0 Å². The first-order valence-electron chi connectivity index (χ1n) is 9.40. The molecule has 0 spiro atoms. The molecule has 4 aromatic rings. The molecule has 0 unspecified atom stereocenters. The van der Waals surface area contributed by atoms with E-state index >= 15 is 0 Å². The summed E-state index contributed by atoms with van der Waals surface area (Å²) in [6, 6.07) is 15.2. The highest BCUT2D eigenvalue weighted by molar-refractivity contribution is 5.90. The molecule has 7 heteroatoms. The third kappa shape index (κ3) is 4.24. The van der Waals surface area contributed by atoms with Crippen LogP contribution in [0.5, 0.6) is 0 Å². The molecule has 7 nitrogen and oxygen atoms in total. The summed E-state index contributed by atoms with van der Waals surface area (Å²) in [6.45, 7) is 2.83. The number of hydrogen-bond acceptors (Lipinski definition) is 6. The van der Waals surface area contributed by atoms with E-state index in [0.717, 1.165) is 23.1 Å². The minimum Gasteiger partial charge on any atom is -0.404 e. The molecule has 1 aromatic carbocycles. The molecule has 146 valence electrons. The van der Waals surface area contributed by atoms with Gasteiger partial charge in [0.2, 0.25) is 0 Å². The Bertz CT molecular complexity index is 1160. The summed E-state index contributed by atoms with van der Waals surface area (Å²) in [5.74, 6) is 0. The van der Waals surface area contributed by atoms with Crippen LogP contribution in [0, 0.1) is 6.92 Å². The third-order valence-electron chi connectivity index (χ3n) is 4.63. The highest BCUT2D eigenvalue weighted by Crippen LogP contribution is 2.22. The summed E-state index contributed by atoms with van der Waals surface area (Å²) in [7, 11) is 0. The van der Waals surface area contributed by atoms with E-state index in [-0.39, 0.29) is 12.2 Å². The van der Waals surface area contributed by atoms with Crippen LogP contribution in [-0.2, 0) is 13.0 Å². The molecule has 29 heavy (non-hydrogen) atoms. The SMILES string of the molecule is Cc1ncnc2c1c(NCCc1ccncc1)cc(=O)n2OCc1ccccc1. The minimum absolute atomic E-state index is 0.272. The molecule has 3 aromatic heterocycles. The normalized spacial score (nSPS) is 10.8. The number of aromatic nitrogens is 4. The van der Waals surface area contributed by atoms with Crippen molar-refractivity contribution in [2.75, 3.05) is 11.9 Å². The monoisotopic (exact) mass is 387 g/mol. The molecule has 0 aliphatic rings. The second-order valence-corrected chi connectivity index (χ2v) is 6.64. The Balaban J connectivity index is 1.61. The van der Waals surface area contributed by atoms with Gasteiger partial charge in [-0.25, -0.2) is 9.97 Å². The zero-order valence-electron chi connectivity index (χ0n) is 16.1. The number of pyridine rings is 2. The fraction of sp³-hybridized carbons (Fsp3) is 0.182. The number of benzene rings is 1. The maximum absolute atomic E-state index is 12.7. The van der Waals surface area contributed by atoms with Crippen LogP contribution in [0.25, 0.3) is 11.0 Å². The van der Waals surface area contributed by atoms with E-state index in [4.69, 9.17) is 4.84 Å². The predicted molar refractivity (Wildman–Crippen MR) is 112 cm³/mol. The van der Waals surface area contributed by atoms with Crippen LogP contribution in [0.4, 0.5) is 5.69 Å². The van der Waals surface area contributed by atoms with Crippen molar-refractivity contribution in [3.05, 3.63) is 94.4 Å². The minimum atomic E-state index is -0.280. The first-order chi connectivity index (χ1) is 14.2. The first-order valence-corrected chi connectivity index (χ1v) is 9.40. The quantitative estimate of drug-likeness (QED) is 0.525. The van der Waals surface area contributed by atoms with Crippen LogP contribution in [0.2, 0.25) is 0 Å². The summed E-state index contributed by atoms with van der Waals surface area (Å²) in [4.78, 5) is 31.2. The van der Waals surface area contributed by atoms with Crippen LogP contribution in [0.15, 0.2) is 72.0 Å². The van der Waals surface area contributed by atoms with Crippen molar-refractivity contribution >= 4 is 16.7 Å². The van der Waals surface area contributed by atoms with Crippen LogP contribution >= 0.6 is 0 Å². The first kappa shape index (κ1) is 18.6. The molecule has 0 amide bonds. The van der Waals surface area contributed by atoms with Gasteiger partial charge in [-0.2, -0.15) is 0 Å². The van der Waals surface area contributed by atoms with E-state index in [1.165, 1.54) is 22.7 Å². The summed E-state index contributed by atoms with van der Waals surface area (Å²) >= 11 is 0. The number of hydrogen-bond donors (Lipinski definition) is 1. The van der Waals surface area contributed by atoms with Gasteiger partial charge in [0.25, 0.3) is 5.56 Å². The molecule has 0 atom stereocenters. The Morgan fingerprint density at radius 3 is 2.62 bits per heavy atom. The highest BCUT2D eigenvalue weighted by Gasteiger charge is 2.14. The van der Waals surface area contributed by atoms with E-state index in [0.29, 0.717) is 17.9 Å². The summed E-state index contributed by atoms with van der Waals surface area (Å²) in [6.07, 6.45) is 5.80. The Kier molecular flexibility index (Phi) is 5.47. The maximum Gasteiger partial charge on any atom is 0.287 e. The fourth-order valence-corrected chi connectivity index (χ4v) is 3.16. The predicted octanol–water partition coefficient (Wildman–Crippen LogP) is 2.78. The molecular formula is C22H21N5O2. The number of rotatable bonds is 7. The van der Waals surface area contributed by atoms with Gasteiger partial charge in [0, 0.05) is 25.0 Å². The van der Waals surface area contributed by atoms with E-state index in [1.54, 1.807) is 12.4 Å². The van der Waals surface area contributed by atoms with Crippen molar-refractivity contribution in [2.24, 2.45) is 0 Å². The van der Waals surface area contributed by atoms with Crippen molar-refractivity contribution < 1.29 is 4.84 Å². The van der Waals surface area contributed by atoms with Crippen molar-refractivity contribution in [3.8, 4) is 0 Å². The van der Waals surface area contributed by atoms with Crippen molar-refractivity contribution in [3.63, 3.8) is 0 Å². The standard InChI is InChI=1S/C22H21N5O2/c1-16-21-19(24-12-9-17-7-10-23-11-8-17)13-20(28)27(22(21)26-15-25-16)29-14-18-5-3-2-4-6-18/h2-8,10-11,13,15,24H,9,12,14H2,1H3. The lowest BCUT2D eigenvalue weighted by Crippen LogP contribution is -2.28. The molecule has 4 rings (SSSR count). The van der Waals surface area contributed by atoms with Gasteiger partial charge in [-0.15, -0.1) is 4.73 Å². The number of nitrogens with zero attached hydrogens (tertiary/aromatic N) is 4. The molecule has 3 heterocycles. The van der Waals surface area contributed by atoms with E-state index < -0.39 is 0 Å². The summed E-state index contributed by atoms with van der Waals surface area (Å²) in [5, 5.41) is 4.12. The van der Waals surface area contributed by atoms with Crippen LogP contribution in [0.1, 0.15) is 16.8 Å². The molecular weight excluding hydrogens is 366 g/mol. The number of anilines is 1. The fourth-order valence-electron chi connectivity index (χ4n) is 3.16. The van der Waals surface area contributed by atoms with Crippen LogP contribution in [0.3, 0.4) is 0 Å². The average molecular weight is 387 g/mol. The number of fused-ring (bicyclic) bond motifs is 1. The van der Waals surface area contributed by atoms with E-state index in [9.17, 15) is 4.79 Å². The lowest BCUT2D eigenvalue weighted by Gasteiger charge is -2.15. The smallest absolute Gasteiger partial charge is 0.287 e. The Morgan fingerprint density at radius 1 is 1.03 bits per heavy atom. The largest absolute Gasteiger partial charge is 0.404 e. The van der Waals surface area contributed by atoms with Gasteiger partial charge in [-0.3, -0.25) is 9.78 Å². The zero-order chi connectivity index (χ0) is 20.1. The molecule has 0 saturated heterocycles. The van der Waals surface area contributed by atoms with Gasteiger partial charge in [0.15, 0.2) is 5.65 Å². The van der Waals surface area contributed by atoms with E-state index in [1.807, 2.05) is 49.4 Å². The lowest BCUT2D eigenvalue weighted by molar-refractivity contribution is 0.0979.